The molecule has 3 rings (SSSR count). The van der Waals surface area contributed by atoms with Crippen molar-refractivity contribution in [2.75, 3.05) is 51.0 Å². The smallest absolute Gasteiger partial charge is 0.224 e. The Morgan fingerprint density at radius 3 is 2.27 bits per heavy atom. The maximum Gasteiger partial charge on any atom is 0.224 e. The van der Waals surface area contributed by atoms with Crippen LogP contribution in [0.4, 0.5) is 5.69 Å². The molecule has 1 aliphatic heterocycles. The van der Waals surface area contributed by atoms with Crippen LogP contribution in [-0.2, 0) is 14.8 Å². The number of amides is 1. The number of hydrogen-bond acceptors (Lipinski definition) is 5. The van der Waals surface area contributed by atoms with Gasteiger partial charge in [-0.05, 0) is 37.1 Å². The molecule has 0 aromatic heterocycles. The molecule has 0 radical (unpaired) electrons. The number of hydrogen-bond donors (Lipinski definition) is 0. The van der Waals surface area contributed by atoms with E-state index in [2.05, 4.69) is 4.90 Å². The van der Waals surface area contributed by atoms with Crippen LogP contribution in [0.3, 0.4) is 0 Å². The van der Waals surface area contributed by atoms with E-state index in [4.69, 9.17) is 4.74 Å². The van der Waals surface area contributed by atoms with Crippen LogP contribution in [0.1, 0.15) is 19.3 Å². The van der Waals surface area contributed by atoms with E-state index in [1.54, 1.807) is 7.11 Å². The van der Waals surface area contributed by atoms with Crippen molar-refractivity contribution in [3.05, 3.63) is 24.3 Å². The molecule has 7 nitrogen and oxygen atoms in total. The molecule has 0 atom stereocenters. The molecule has 1 saturated heterocycles. The molecule has 1 aliphatic carbocycles. The number of rotatable bonds is 7. The third-order valence-electron chi connectivity index (χ3n) is 5.00. The maximum absolute atomic E-state index is 12.5. The van der Waals surface area contributed by atoms with Crippen LogP contribution < -0.4 is 9.64 Å². The van der Waals surface area contributed by atoms with Gasteiger partial charge in [-0.15, -0.1) is 0 Å². The van der Waals surface area contributed by atoms with Crippen molar-refractivity contribution >= 4 is 21.6 Å². The molecule has 8 heteroatoms. The number of piperazine rings is 1. The minimum Gasteiger partial charge on any atom is -0.497 e. The Bertz CT molecular complexity index is 723. The van der Waals surface area contributed by atoms with Crippen LogP contribution in [0.25, 0.3) is 0 Å². The van der Waals surface area contributed by atoms with Gasteiger partial charge in [0.2, 0.25) is 15.9 Å². The molecule has 2 aliphatic rings. The summed E-state index contributed by atoms with van der Waals surface area (Å²) in [5.74, 6) is 0.863. The molecule has 1 aromatic rings. The van der Waals surface area contributed by atoms with Crippen LogP contribution in [0.15, 0.2) is 24.3 Å². The number of carbonyl (C=O) groups excluding carboxylic acids is 1. The number of ether oxygens (including phenoxy) is 1. The zero-order valence-electron chi connectivity index (χ0n) is 15.4. The van der Waals surface area contributed by atoms with Crippen LogP contribution in [0.5, 0.6) is 5.75 Å². The highest BCUT2D eigenvalue weighted by atomic mass is 32.2. The zero-order valence-corrected chi connectivity index (χ0v) is 16.2. The Balaban J connectivity index is 1.48. The third kappa shape index (κ3) is 4.67. The predicted octanol–water partition coefficient (Wildman–Crippen LogP) is 1.16. The average molecular weight is 381 g/mol. The van der Waals surface area contributed by atoms with Crippen molar-refractivity contribution in [2.24, 2.45) is 0 Å². The first-order valence-electron chi connectivity index (χ1n) is 9.02. The first kappa shape index (κ1) is 19.0. The first-order chi connectivity index (χ1) is 12.4. The largest absolute Gasteiger partial charge is 0.497 e. The molecule has 0 bridgehead atoms. The van der Waals surface area contributed by atoms with Gasteiger partial charge in [0.05, 0.1) is 13.4 Å². The molecule has 1 saturated carbocycles. The van der Waals surface area contributed by atoms with Crippen LogP contribution >= 0.6 is 0 Å². The van der Waals surface area contributed by atoms with E-state index >= 15 is 0 Å². The fraction of sp³-hybridized carbons (Fsp3) is 0.611. The molecule has 0 N–H and O–H groups in total. The fourth-order valence-corrected chi connectivity index (χ4v) is 4.53. The van der Waals surface area contributed by atoms with E-state index in [1.165, 1.54) is 10.6 Å². The third-order valence-corrected chi connectivity index (χ3v) is 6.33. The monoisotopic (exact) mass is 381 g/mol. The van der Waals surface area contributed by atoms with Gasteiger partial charge >= 0.3 is 0 Å². The van der Waals surface area contributed by atoms with Gasteiger partial charge in [-0.25, -0.2) is 8.42 Å². The van der Waals surface area contributed by atoms with Gasteiger partial charge in [-0.2, -0.15) is 4.31 Å². The Morgan fingerprint density at radius 2 is 1.77 bits per heavy atom. The predicted molar refractivity (Wildman–Crippen MR) is 101 cm³/mol. The number of methoxy groups -OCH3 is 1. The molecular weight excluding hydrogens is 354 g/mol. The highest BCUT2D eigenvalue weighted by Gasteiger charge is 2.35. The number of nitrogens with zero attached hydrogens (tertiary/aromatic N) is 3. The molecule has 26 heavy (non-hydrogen) atoms. The molecule has 1 aromatic carbocycles. The van der Waals surface area contributed by atoms with E-state index in [9.17, 15) is 13.2 Å². The maximum atomic E-state index is 12.5. The van der Waals surface area contributed by atoms with E-state index in [-0.39, 0.29) is 18.4 Å². The van der Waals surface area contributed by atoms with Gasteiger partial charge < -0.3 is 14.5 Å². The number of anilines is 1. The Morgan fingerprint density at radius 1 is 1.15 bits per heavy atom. The van der Waals surface area contributed by atoms with Crippen molar-refractivity contribution in [1.82, 2.24) is 9.21 Å². The molecule has 1 amide bonds. The summed E-state index contributed by atoms with van der Waals surface area (Å²) in [6.45, 7) is 3.16. The van der Waals surface area contributed by atoms with Crippen molar-refractivity contribution in [3.63, 3.8) is 0 Å². The van der Waals surface area contributed by atoms with Gasteiger partial charge in [0.15, 0.2) is 0 Å². The summed E-state index contributed by atoms with van der Waals surface area (Å²) >= 11 is 0. The summed E-state index contributed by atoms with van der Waals surface area (Å²) in [5, 5.41) is 0. The molecule has 0 unspecified atom stereocenters. The minimum absolute atomic E-state index is 0.0358. The van der Waals surface area contributed by atoms with Crippen LogP contribution in [0, 0.1) is 0 Å². The normalized spacial score (nSPS) is 18.3. The van der Waals surface area contributed by atoms with Gasteiger partial charge in [0, 0.05) is 50.9 Å². The summed E-state index contributed by atoms with van der Waals surface area (Å²) in [5.41, 5.74) is 1.12. The molecule has 144 valence electrons. The summed E-state index contributed by atoms with van der Waals surface area (Å²) in [4.78, 5) is 16.6. The Labute approximate surface area is 155 Å². The summed E-state index contributed by atoms with van der Waals surface area (Å²) in [6.07, 6.45) is 3.29. The number of carbonyl (C=O) groups is 1. The number of sulfonamides is 1. The lowest BCUT2D eigenvalue weighted by Gasteiger charge is -2.36. The van der Waals surface area contributed by atoms with E-state index in [1.807, 2.05) is 29.2 Å². The van der Waals surface area contributed by atoms with Crippen molar-refractivity contribution in [3.8, 4) is 5.75 Å². The summed E-state index contributed by atoms with van der Waals surface area (Å²) < 4.78 is 30.3. The quantitative estimate of drug-likeness (QED) is 0.709. The topological polar surface area (TPSA) is 70.2 Å². The lowest BCUT2D eigenvalue weighted by molar-refractivity contribution is -0.131. The van der Waals surface area contributed by atoms with E-state index < -0.39 is 10.0 Å². The second kappa shape index (κ2) is 7.84. The van der Waals surface area contributed by atoms with Crippen LogP contribution in [-0.4, -0.2) is 75.7 Å². The van der Waals surface area contributed by atoms with Gasteiger partial charge in [0.25, 0.3) is 0 Å². The molecular formula is C18H27N3O4S. The zero-order chi connectivity index (χ0) is 18.7. The second-order valence-corrected chi connectivity index (χ2v) is 8.86. The molecule has 2 fully saturated rings. The lowest BCUT2D eigenvalue weighted by atomic mass is 10.2. The standard InChI is InChI=1S/C18H27N3O4S/c1-25-17-7-5-15(6-8-17)19-11-13-20(14-12-19)18(22)9-10-21(16-3-4-16)26(2,23)24/h5-8,16H,3-4,9-14H2,1-2H3. The van der Waals surface area contributed by atoms with Crippen molar-refractivity contribution in [1.29, 1.82) is 0 Å². The minimum atomic E-state index is -3.23. The Kier molecular flexibility index (Phi) is 5.72. The Hall–Kier alpha value is -1.80. The van der Waals surface area contributed by atoms with Crippen molar-refractivity contribution < 1.29 is 17.9 Å². The average Bonchev–Trinajstić information content (AvgIpc) is 3.46. The van der Waals surface area contributed by atoms with Crippen LogP contribution in [0.2, 0.25) is 0 Å². The van der Waals surface area contributed by atoms with E-state index in [0.29, 0.717) is 19.6 Å². The summed E-state index contributed by atoms with van der Waals surface area (Å²) in [6, 6.07) is 8.02. The van der Waals surface area contributed by atoms with Crippen molar-refractivity contribution in [2.45, 2.75) is 25.3 Å². The number of benzene rings is 1. The van der Waals surface area contributed by atoms with E-state index in [0.717, 1.165) is 37.4 Å². The highest BCUT2D eigenvalue weighted by molar-refractivity contribution is 7.88. The second-order valence-electron chi connectivity index (χ2n) is 6.92. The fourth-order valence-electron chi connectivity index (χ4n) is 3.35. The lowest BCUT2D eigenvalue weighted by Crippen LogP contribution is -2.49. The highest BCUT2D eigenvalue weighted by Crippen LogP contribution is 2.29. The molecule has 1 heterocycles. The molecule has 0 spiro atoms. The first-order valence-corrected chi connectivity index (χ1v) is 10.9. The SMILES string of the molecule is COc1ccc(N2CCN(C(=O)CCN(C3CC3)S(C)(=O)=O)CC2)cc1. The summed E-state index contributed by atoms with van der Waals surface area (Å²) in [7, 11) is -1.59. The van der Waals surface area contributed by atoms with Gasteiger partial charge in [-0.1, -0.05) is 0 Å². The van der Waals surface area contributed by atoms with Gasteiger partial charge in [-0.3, -0.25) is 4.79 Å². The van der Waals surface area contributed by atoms with Gasteiger partial charge in [0.1, 0.15) is 5.75 Å².